The predicted molar refractivity (Wildman–Crippen MR) is 108 cm³/mol. The molecule has 0 saturated heterocycles. The zero-order valence-electron chi connectivity index (χ0n) is 15.3. The van der Waals surface area contributed by atoms with Gasteiger partial charge in [0.05, 0.1) is 5.57 Å². The molecule has 6 nitrogen and oxygen atoms in total. The standard InChI is InChI=1S/C23H16N2O4/c26-22-18(20(24-28-22)16-10-4-1-5-11-16)14-8-3-9-15-19-21(25-29-23(19)27)17-12-6-2-7-13-17/h1-15,18H/b9-3+,14-8+,19-15-. The summed E-state index contributed by atoms with van der Waals surface area (Å²) >= 11 is 0. The van der Waals surface area contributed by atoms with Crippen molar-refractivity contribution in [1.29, 1.82) is 0 Å². The van der Waals surface area contributed by atoms with Gasteiger partial charge < -0.3 is 9.68 Å². The van der Waals surface area contributed by atoms with Crippen LogP contribution in [0.2, 0.25) is 0 Å². The van der Waals surface area contributed by atoms with E-state index in [1.807, 2.05) is 60.7 Å². The Bertz CT molecular complexity index is 1080. The van der Waals surface area contributed by atoms with Gasteiger partial charge in [-0.25, -0.2) is 9.59 Å². The second kappa shape index (κ2) is 8.31. The molecule has 0 amide bonds. The summed E-state index contributed by atoms with van der Waals surface area (Å²) in [4.78, 5) is 33.5. The predicted octanol–water partition coefficient (Wildman–Crippen LogP) is 3.56. The van der Waals surface area contributed by atoms with Crippen molar-refractivity contribution in [2.24, 2.45) is 16.2 Å². The average Bonchev–Trinajstić information content (AvgIpc) is 3.32. The van der Waals surface area contributed by atoms with Gasteiger partial charge >= 0.3 is 11.9 Å². The lowest BCUT2D eigenvalue weighted by atomic mass is 9.97. The second-order valence-electron chi connectivity index (χ2n) is 6.27. The first kappa shape index (κ1) is 18.3. The van der Waals surface area contributed by atoms with Gasteiger partial charge in [-0.2, -0.15) is 0 Å². The molecule has 1 unspecified atom stereocenters. The molecule has 1 atom stereocenters. The first-order valence-corrected chi connectivity index (χ1v) is 8.98. The summed E-state index contributed by atoms with van der Waals surface area (Å²) < 4.78 is 0. The van der Waals surface area contributed by atoms with E-state index in [-0.39, 0.29) is 0 Å². The normalized spacial score (nSPS) is 20.3. The number of carbonyl (C=O) groups excluding carboxylic acids is 2. The third-order valence-corrected chi connectivity index (χ3v) is 4.38. The fourth-order valence-corrected chi connectivity index (χ4v) is 2.95. The van der Waals surface area contributed by atoms with Gasteiger partial charge in [-0.3, -0.25) is 0 Å². The molecule has 2 aromatic carbocycles. The van der Waals surface area contributed by atoms with Crippen molar-refractivity contribution in [1.82, 2.24) is 0 Å². The van der Waals surface area contributed by atoms with Crippen molar-refractivity contribution in [3.8, 4) is 0 Å². The van der Waals surface area contributed by atoms with Crippen molar-refractivity contribution >= 4 is 23.4 Å². The van der Waals surface area contributed by atoms with Gasteiger partial charge in [-0.1, -0.05) is 95.3 Å². The summed E-state index contributed by atoms with van der Waals surface area (Å²) in [6.45, 7) is 0. The number of rotatable bonds is 5. The summed E-state index contributed by atoms with van der Waals surface area (Å²) in [6.07, 6.45) is 8.46. The fraction of sp³-hybridized carbons (Fsp3) is 0.0435. The van der Waals surface area contributed by atoms with E-state index in [1.165, 1.54) is 0 Å². The van der Waals surface area contributed by atoms with Crippen LogP contribution < -0.4 is 0 Å². The SMILES string of the molecule is O=C1ON=C(c2ccccc2)/C1=C/C=C/C=C/C1C(=O)ON=C1c1ccccc1. The van der Waals surface area contributed by atoms with Crippen molar-refractivity contribution < 1.29 is 19.3 Å². The Morgan fingerprint density at radius 2 is 1.45 bits per heavy atom. The zero-order chi connectivity index (χ0) is 20.1. The quantitative estimate of drug-likeness (QED) is 0.449. The average molecular weight is 384 g/mol. The lowest BCUT2D eigenvalue weighted by Crippen LogP contribution is -2.16. The maximum Gasteiger partial charge on any atom is 0.368 e. The van der Waals surface area contributed by atoms with Gasteiger partial charge in [0.15, 0.2) is 0 Å². The molecule has 0 radical (unpaired) electrons. The second-order valence-corrected chi connectivity index (χ2v) is 6.27. The number of oxime groups is 2. The lowest BCUT2D eigenvalue weighted by Gasteiger charge is -2.03. The highest BCUT2D eigenvalue weighted by molar-refractivity contribution is 6.28. The van der Waals surface area contributed by atoms with Crippen molar-refractivity contribution in [3.05, 3.63) is 108 Å². The molecule has 4 rings (SSSR count). The Balaban J connectivity index is 1.47. The first-order valence-electron chi connectivity index (χ1n) is 8.98. The van der Waals surface area contributed by atoms with Crippen LogP contribution in [0.15, 0.2) is 107 Å². The number of nitrogens with zero attached hydrogens (tertiary/aromatic N) is 2. The van der Waals surface area contributed by atoms with E-state index in [4.69, 9.17) is 9.68 Å². The summed E-state index contributed by atoms with van der Waals surface area (Å²) in [6, 6.07) is 18.7. The van der Waals surface area contributed by atoms with Crippen LogP contribution in [-0.4, -0.2) is 23.4 Å². The molecule has 0 spiro atoms. The summed E-state index contributed by atoms with van der Waals surface area (Å²) in [5.74, 6) is -1.51. The number of allylic oxidation sites excluding steroid dienone is 4. The largest absolute Gasteiger partial charge is 0.368 e. The Morgan fingerprint density at radius 3 is 2.17 bits per heavy atom. The van der Waals surface area contributed by atoms with Crippen LogP contribution in [0.4, 0.5) is 0 Å². The van der Waals surface area contributed by atoms with E-state index in [0.717, 1.165) is 11.1 Å². The van der Waals surface area contributed by atoms with Gasteiger partial charge in [-0.05, 0) is 6.08 Å². The van der Waals surface area contributed by atoms with E-state index < -0.39 is 17.9 Å². The Hall–Kier alpha value is -4.06. The molecule has 0 saturated carbocycles. The van der Waals surface area contributed by atoms with Gasteiger partial charge in [0.2, 0.25) is 0 Å². The van der Waals surface area contributed by atoms with E-state index in [2.05, 4.69) is 10.3 Å². The maximum atomic E-state index is 12.0. The molecular formula is C23H16N2O4. The molecule has 2 aliphatic heterocycles. The molecule has 6 heteroatoms. The van der Waals surface area contributed by atoms with E-state index >= 15 is 0 Å². The molecule has 0 fully saturated rings. The minimum atomic E-state index is -0.576. The van der Waals surface area contributed by atoms with Crippen LogP contribution in [0.1, 0.15) is 11.1 Å². The minimum absolute atomic E-state index is 0.368. The summed E-state index contributed by atoms with van der Waals surface area (Å²) in [7, 11) is 0. The summed E-state index contributed by atoms with van der Waals surface area (Å²) in [5, 5.41) is 7.74. The van der Waals surface area contributed by atoms with Crippen LogP contribution in [0.25, 0.3) is 0 Å². The Morgan fingerprint density at radius 1 is 0.759 bits per heavy atom. The number of benzene rings is 2. The van der Waals surface area contributed by atoms with Crippen LogP contribution in [0, 0.1) is 5.92 Å². The lowest BCUT2D eigenvalue weighted by molar-refractivity contribution is -0.142. The van der Waals surface area contributed by atoms with Crippen LogP contribution in [0.3, 0.4) is 0 Å². The maximum absolute atomic E-state index is 12.0. The molecule has 0 aromatic heterocycles. The molecule has 2 heterocycles. The van der Waals surface area contributed by atoms with Gasteiger partial charge in [-0.15, -0.1) is 0 Å². The Kier molecular flexibility index (Phi) is 5.25. The van der Waals surface area contributed by atoms with E-state index in [9.17, 15) is 9.59 Å². The highest BCUT2D eigenvalue weighted by Crippen LogP contribution is 2.20. The third kappa shape index (κ3) is 3.96. The van der Waals surface area contributed by atoms with Gasteiger partial charge in [0.25, 0.3) is 0 Å². The molecule has 29 heavy (non-hydrogen) atoms. The first-order chi connectivity index (χ1) is 14.2. The third-order valence-electron chi connectivity index (χ3n) is 4.38. The Labute approximate surface area is 167 Å². The highest BCUT2D eigenvalue weighted by Gasteiger charge is 2.31. The van der Waals surface area contributed by atoms with Crippen LogP contribution in [0.5, 0.6) is 0 Å². The zero-order valence-corrected chi connectivity index (χ0v) is 15.3. The number of hydrogen-bond acceptors (Lipinski definition) is 6. The van der Waals surface area contributed by atoms with E-state index in [0.29, 0.717) is 17.0 Å². The van der Waals surface area contributed by atoms with Crippen molar-refractivity contribution in [3.63, 3.8) is 0 Å². The molecule has 2 aromatic rings. The van der Waals surface area contributed by atoms with Gasteiger partial charge in [0.1, 0.15) is 17.3 Å². The smallest absolute Gasteiger partial charge is 0.317 e. The molecule has 142 valence electrons. The van der Waals surface area contributed by atoms with Crippen LogP contribution in [-0.2, 0) is 19.3 Å². The number of carbonyl (C=O) groups is 2. The topological polar surface area (TPSA) is 77.3 Å². The highest BCUT2D eigenvalue weighted by atomic mass is 16.7. The summed E-state index contributed by atoms with van der Waals surface area (Å²) in [5.41, 5.74) is 3.05. The monoisotopic (exact) mass is 384 g/mol. The van der Waals surface area contributed by atoms with Crippen LogP contribution >= 0.6 is 0 Å². The molecule has 0 aliphatic carbocycles. The van der Waals surface area contributed by atoms with Gasteiger partial charge in [0, 0.05) is 11.1 Å². The molecular weight excluding hydrogens is 368 g/mol. The molecule has 0 bridgehead atoms. The fourth-order valence-electron chi connectivity index (χ4n) is 2.95. The number of hydrogen-bond donors (Lipinski definition) is 0. The van der Waals surface area contributed by atoms with E-state index in [1.54, 1.807) is 30.4 Å². The molecule has 2 aliphatic rings. The van der Waals surface area contributed by atoms with Crippen molar-refractivity contribution in [2.45, 2.75) is 0 Å². The minimum Gasteiger partial charge on any atom is -0.317 e. The molecule has 0 N–H and O–H groups in total. The van der Waals surface area contributed by atoms with Crippen molar-refractivity contribution in [2.75, 3.05) is 0 Å².